The van der Waals surface area contributed by atoms with Crippen molar-refractivity contribution >= 4 is 30.6 Å². The summed E-state index contributed by atoms with van der Waals surface area (Å²) in [5, 5.41) is 0. The zero-order valence-electron chi connectivity index (χ0n) is 5.29. The van der Waals surface area contributed by atoms with Crippen LogP contribution in [0.4, 0.5) is 0 Å². The fourth-order valence-electron chi connectivity index (χ4n) is 0.204. The predicted molar refractivity (Wildman–Crippen MR) is 42.7 cm³/mol. The summed E-state index contributed by atoms with van der Waals surface area (Å²) in [4.78, 5) is 10.4. The van der Waals surface area contributed by atoms with Crippen molar-refractivity contribution in [2.75, 3.05) is 11.5 Å². The normalized spacial score (nSPS) is 9.11. The van der Waals surface area contributed by atoms with Crippen LogP contribution in [-0.2, 0) is 8.98 Å². The van der Waals surface area contributed by atoms with E-state index in [2.05, 4.69) is 16.8 Å². The van der Waals surface area contributed by atoms with E-state index in [-0.39, 0.29) is 5.97 Å². The smallest absolute Gasteiger partial charge is 0.317 e. The first-order valence-electron chi connectivity index (χ1n) is 2.74. The second kappa shape index (κ2) is 6.29. The fourth-order valence-corrected chi connectivity index (χ4v) is 0.834. The molecular weight excluding hydrogens is 156 g/mol. The Hall–Kier alpha value is 0.170. The van der Waals surface area contributed by atoms with Crippen LogP contribution >= 0.6 is 24.7 Å². The molecule has 0 aliphatic rings. The molecule has 0 bridgehead atoms. The van der Waals surface area contributed by atoms with Crippen molar-refractivity contribution in [1.29, 1.82) is 0 Å². The molecule has 2 nitrogen and oxygen atoms in total. The molecule has 0 aliphatic heterocycles. The van der Waals surface area contributed by atoms with E-state index in [0.29, 0.717) is 6.42 Å². The molecule has 0 aromatic heterocycles. The summed E-state index contributed by atoms with van der Waals surface area (Å²) in [5.41, 5.74) is 0. The van der Waals surface area contributed by atoms with Crippen molar-refractivity contribution in [2.24, 2.45) is 0 Å². The Labute approximate surface area is 65.0 Å². The third-order valence-electron chi connectivity index (χ3n) is 0.615. The molecule has 0 saturated heterocycles. The van der Waals surface area contributed by atoms with Crippen LogP contribution < -0.4 is 0 Å². The van der Waals surface area contributed by atoms with Gasteiger partial charge in [0.15, 0.2) is 0 Å². The lowest BCUT2D eigenvalue weighted by Gasteiger charge is -1.96. The van der Waals surface area contributed by atoms with Gasteiger partial charge >= 0.3 is 5.97 Å². The quantitative estimate of drug-likeness (QED) is 0.389. The highest BCUT2D eigenvalue weighted by Crippen LogP contribution is 2.03. The topological polar surface area (TPSA) is 26.3 Å². The molecule has 0 aliphatic carbocycles. The van der Waals surface area contributed by atoms with Crippen molar-refractivity contribution in [3.05, 3.63) is 0 Å². The molecule has 9 heavy (non-hydrogen) atoms. The Morgan fingerprint density at radius 2 is 2.44 bits per heavy atom. The van der Waals surface area contributed by atoms with E-state index in [1.165, 1.54) is 0 Å². The first-order valence-corrected chi connectivity index (χ1v) is 4.28. The van der Waals surface area contributed by atoms with E-state index >= 15 is 0 Å². The van der Waals surface area contributed by atoms with Crippen molar-refractivity contribution in [2.45, 2.75) is 13.3 Å². The van der Waals surface area contributed by atoms with Gasteiger partial charge in [-0.3, -0.25) is 4.79 Å². The average molecular weight is 166 g/mol. The molecule has 0 rings (SSSR count). The first kappa shape index (κ1) is 9.17. The van der Waals surface area contributed by atoms with Crippen molar-refractivity contribution < 1.29 is 8.98 Å². The van der Waals surface area contributed by atoms with E-state index in [1.807, 2.05) is 0 Å². The molecule has 0 radical (unpaired) electrons. The van der Waals surface area contributed by atoms with Crippen molar-refractivity contribution in [3.8, 4) is 0 Å². The van der Waals surface area contributed by atoms with Crippen LogP contribution in [-0.4, -0.2) is 17.5 Å². The lowest BCUT2D eigenvalue weighted by molar-refractivity contribution is -0.132. The highest BCUT2D eigenvalue weighted by atomic mass is 32.2. The third kappa shape index (κ3) is 6.05. The van der Waals surface area contributed by atoms with Gasteiger partial charge in [-0.05, 0) is 0 Å². The molecule has 0 saturated carbocycles. The van der Waals surface area contributed by atoms with Crippen molar-refractivity contribution in [3.63, 3.8) is 0 Å². The summed E-state index contributed by atoms with van der Waals surface area (Å²) in [6.45, 7) is 1.77. The van der Waals surface area contributed by atoms with Gasteiger partial charge in [-0.25, -0.2) is 0 Å². The van der Waals surface area contributed by atoms with Gasteiger partial charge in [0.05, 0.1) is 12.0 Å². The van der Waals surface area contributed by atoms with Crippen LogP contribution in [0.1, 0.15) is 13.3 Å². The maximum Gasteiger partial charge on any atom is 0.317 e. The first-order chi connectivity index (χ1) is 4.31. The number of rotatable bonds is 4. The molecule has 0 unspecified atom stereocenters. The minimum absolute atomic E-state index is 0.165. The summed E-state index contributed by atoms with van der Waals surface area (Å²) in [5.74, 6) is 1.33. The predicted octanol–water partition coefficient (Wildman–Crippen LogP) is 1.52. The number of hydrogen-bond acceptors (Lipinski definition) is 4. The van der Waals surface area contributed by atoms with E-state index in [1.54, 1.807) is 6.92 Å². The minimum atomic E-state index is -0.165. The van der Waals surface area contributed by atoms with Gasteiger partial charge in [0.25, 0.3) is 0 Å². The monoisotopic (exact) mass is 166 g/mol. The molecule has 4 heteroatoms. The van der Waals surface area contributed by atoms with Gasteiger partial charge in [-0.15, -0.1) is 0 Å². The summed E-state index contributed by atoms with van der Waals surface area (Å²) in [6.07, 6.45) is 0.444. The Kier molecular flexibility index (Phi) is 6.41. The summed E-state index contributed by atoms with van der Waals surface area (Å²) >= 11 is 5.10. The molecule has 0 N–H and O–H groups in total. The van der Waals surface area contributed by atoms with Gasteiger partial charge in [-0.2, -0.15) is 12.6 Å². The maximum atomic E-state index is 10.4. The van der Waals surface area contributed by atoms with Gasteiger partial charge in [0.1, 0.15) is 0 Å². The van der Waals surface area contributed by atoms with Crippen LogP contribution in [0.3, 0.4) is 0 Å². The Bertz CT molecular complexity index is 85.0. The Balaban J connectivity index is 2.97. The molecule has 0 heterocycles. The van der Waals surface area contributed by atoms with E-state index in [9.17, 15) is 4.79 Å². The Morgan fingerprint density at radius 1 is 1.78 bits per heavy atom. The van der Waals surface area contributed by atoms with Crippen molar-refractivity contribution in [1.82, 2.24) is 0 Å². The molecule has 54 valence electrons. The summed E-state index contributed by atoms with van der Waals surface area (Å²) in [6, 6.07) is 0. The standard InChI is InChI=1S/C5H10O2S2/c1-2-5(6)7-9-4-3-8/h8H,2-4H2,1H3. The third-order valence-corrected chi connectivity index (χ3v) is 1.82. The number of hydrogen-bond donors (Lipinski definition) is 1. The molecular formula is C5H10O2S2. The second-order valence-electron chi connectivity index (χ2n) is 1.35. The molecule has 0 aromatic carbocycles. The van der Waals surface area contributed by atoms with Crippen LogP contribution in [0.2, 0.25) is 0 Å². The Morgan fingerprint density at radius 3 is 2.89 bits per heavy atom. The second-order valence-corrected chi connectivity index (χ2v) is 2.61. The van der Waals surface area contributed by atoms with Gasteiger partial charge in [-0.1, -0.05) is 6.92 Å². The van der Waals surface area contributed by atoms with E-state index < -0.39 is 0 Å². The molecule has 0 amide bonds. The lowest BCUT2D eigenvalue weighted by atomic mass is 10.5. The van der Waals surface area contributed by atoms with E-state index in [0.717, 1.165) is 23.5 Å². The van der Waals surface area contributed by atoms with Gasteiger partial charge < -0.3 is 4.18 Å². The highest BCUT2D eigenvalue weighted by molar-refractivity contribution is 7.95. The molecule has 0 spiro atoms. The van der Waals surface area contributed by atoms with Crippen LogP contribution in [0.15, 0.2) is 0 Å². The number of carbonyl (C=O) groups excluding carboxylic acids is 1. The summed E-state index contributed by atoms with van der Waals surface area (Å²) < 4.78 is 4.66. The molecule has 0 aromatic rings. The summed E-state index contributed by atoms with van der Waals surface area (Å²) in [7, 11) is 0. The minimum Gasteiger partial charge on any atom is -0.391 e. The maximum absolute atomic E-state index is 10.4. The number of thiol groups is 1. The zero-order valence-corrected chi connectivity index (χ0v) is 7.00. The zero-order chi connectivity index (χ0) is 7.11. The lowest BCUT2D eigenvalue weighted by Crippen LogP contribution is -1.96. The SMILES string of the molecule is CCC(=O)OSCCS. The van der Waals surface area contributed by atoms with Crippen LogP contribution in [0.25, 0.3) is 0 Å². The molecule has 0 atom stereocenters. The average Bonchev–Trinajstić information content (AvgIpc) is 1.89. The number of carbonyl (C=O) groups is 1. The van der Waals surface area contributed by atoms with Crippen LogP contribution in [0, 0.1) is 0 Å². The fraction of sp³-hybridized carbons (Fsp3) is 0.800. The van der Waals surface area contributed by atoms with Gasteiger partial charge in [0, 0.05) is 17.9 Å². The highest BCUT2D eigenvalue weighted by Gasteiger charge is 1.96. The van der Waals surface area contributed by atoms with E-state index in [4.69, 9.17) is 0 Å². The molecule has 0 fully saturated rings. The van der Waals surface area contributed by atoms with Gasteiger partial charge in [0.2, 0.25) is 0 Å². The van der Waals surface area contributed by atoms with Crippen LogP contribution in [0.5, 0.6) is 0 Å². The largest absolute Gasteiger partial charge is 0.391 e.